The number of unbranched alkanes of at least 4 members (excludes halogenated alkanes) is 1. The van der Waals surface area contributed by atoms with E-state index in [1.54, 1.807) is 0 Å². The Morgan fingerprint density at radius 1 is 1.07 bits per heavy atom. The van der Waals surface area contributed by atoms with E-state index in [1.165, 1.54) is 45.2 Å². The van der Waals surface area contributed by atoms with Crippen molar-refractivity contribution in [1.29, 1.82) is 0 Å². The third kappa shape index (κ3) is 8.37. The Balaban J connectivity index is 0. The fourth-order valence-electron chi connectivity index (χ4n) is 2.02. The van der Waals surface area contributed by atoms with Gasteiger partial charge in [-0.15, -0.1) is 0 Å². The van der Waals surface area contributed by atoms with Crippen molar-refractivity contribution in [2.45, 2.75) is 65.3 Å². The van der Waals surface area contributed by atoms with Crippen LogP contribution < -0.4 is 18.9 Å². The number of nitrogens with zero attached hydrogens (tertiary/aromatic N) is 1. The molecule has 15 heavy (non-hydrogen) atoms. The molecule has 1 atom stereocenters. The molecule has 0 spiro atoms. The summed E-state index contributed by atoms with van der Waals surface area (Å²) in [6, 6.07) is 0.799. The van der Waals surface area contributed by atoms with Crippen LogP contribution in [0.15, 0.2) is 0 Å². The molecular formula is C13H28LiN. The Kier molecular flexibility index (Phi) is 15.1. The van der Waals surface area contributed by atoms with Crippen LogP contribution in [-0.2, 0) is 0 Å². The quantitative estimate of drug-likeness (QED) is 0.399. The molecule has 1 unspecified atom stereocenters. The van der Waals surface area contributed by atoms with E-state index < -0.39 is 0 Å². The van der Waals surface area contributed by atoms with Gasteiger partial charge in [0.25, 0.3) is 0 Å². The van der Waals surface area contributed by atoms with Crippen molar-refractivity contribution in [3.05, 3.63) is 6.92 Å². The fraction of sp³-hybridized carbons (Fsp3) is 0.923. The second-order valence-corrected chi connectivity index (χ2v) is 4.09. The largest absolute Gasteiger partial charge is 1.00 e. The van der Waals surface area contributed by atoms with Gasteiger partial charge in [0.15, 0.2) is 0 Å². The third-order valence-electron chi connectivity index (χ3n) is 2.85. The molecule has 86 valence electrons. The second kappa shape index (κ2) is 12.6. The van der Waals surface area contributed by atoms with E-state index >= 15 is 0 Å². The van der Waals surface area contributed by atoms with Crippen molar-refractivity contribution in [3.63, 3.8) is 0 Å². The van der Waals surface area contributed by atoms with Gasteiger partial charge in [-0.25, -0.2) is 0 Å². The van der Waals surface area contributed by atoms with Gasteiger partial charge in [0, 0.05) is 6.04 Å². The number of rotatable bonds is 9. The summed E-state index contributed by atoms with van der Waals surface area (Å²) in [5.74, 6) is 0. The van der Waals surface area contributed by atoms with Gasteiger partial charge in [0.2, 0.25) is 0 Å². The first-order chi connectivity index (χ1) is 6.79. The molecule has 0 aromatic rings. The van der Waals surface area contributed by atoms with Gasteiger partial charge < -0.3 is 11.8 Å². The topological polar surface area (TPSA) is 3.24 Å². The van der Waals surface area contributed by atoms with Crippen molar-refractivity contribution >= 4 is 0 Å². The molecule has 0 aliphatic carbocycles. The van der Waals surface area contributed by atoms with Gasteiger partial charge in [-0.3, -0.25) is 0 Å². The van der Waals surface area contributed by atoms with Crippen LogP contribution in [0.3, 0.4) is 0 Å². The van der Waals surface area contributed by atoms with Crippen LogP contribution in [0.1, 0.15) is 59.3 Å². The summed E-state index contributed by atoms with van der Waals surface area (Å²) >= 11 is 0. The molecular weight excluding hydrogens is 177 g/mol. The summed E-state index contributed by atoms with van der Waals surface area (Å²) < 4.78 is 0. The van der Waals surface area contributed by atoms with Crippen LogP contribution in [0, 0.1) is 6.92 Å². The monoisotopic (exact) mass is 205 g/mol. The van der Waals surface area contributed by atoms with Crippen LogP contribution in [0.5, 0.6) is 0 Å². The molecule has 0 aliphatic rings. The molecule has 0 saturated carbocycles. The molecule has 0 bridgehead atoms. The molecule has 0 rings (SSSR count). The van der Waals surface area contributed by atoms with Crippen LogP contribution in [0.25, 0.3) is 0 Å². The molecule has 0 amide bonds. The van der Waals surface area contributed by atoms with Crippen molar-refractivity contribution in [2.75, 3.05) is 13.1 Å². The zero-order chi connectivity index (χ0) is 10.8. The summed E-state index contributed by atoms with van der Waals surface area (Å²) in [6.07, 6.45) is 7.62. The smallest absolute Gasteiger partial charge is 0.342 e. The maximum atomic E-state index is 3.97. The van der Waals surface area contributed by atoms with Crippen LogP contribution >= 0.6 is 0 Å². The van der Waals surface area contributed by atoms with E-state index in [-0.39, 0.29) is 18.9 Å². The van der Waals surface area contributed by atoms with Crippen molar-refractivity contribution in [1.82, 2.24) is 4.90 Å². The molecule has 0 fully saturated rings. The molecule has 0 heterocycles. The minimum atomic E-state index is 0. The minimum absolute atomic E-state index is 0. The minimum Gasteiger partial charge on any atom is -0.342 e. The van der Waals surface area contributed by atoms with E-state index in [2.05, 4.69) is 32.6 Å². The molecule has 0 N–H and O–H groups in total. The maximum absolute atomic E-state index is 3.97. The normalized spacial score (nSPS) is 12.6. The standard InChI is InChI=1S/C13H28N.Li/c1-5-9-12-14(11-7-3)13(8-4)10-6-2;/h13H,3,5-12H2,1-2,4H3;/q-1;+1. The third-order valence-corrected chi connectivity index (χ3v) is 2.85. The average molecular weight is 205 g/mol. The molecule has 0 aromatic carbocycles. The molecule has 0 aliphatic heterocycles. The summed E-state index contributed by atoms with van der Waals surface area (Å²) in [5, 5.41) is 0. The van der Waals surface area contributed by atoms with Crippen LogP contribution in [-0.4, -0.2) is 24.0 Å². The Bertz CT molecular complexity index is 117. The predicted octanol–water partition coefficient (Wildman–Crippen LogP) is 0.895. The Morgan fingerprint density at radius 3 is 2.13 bits per heavy atom. The fourth-order valence-corrected chi connectivity index (χ4v) is 2.02. The van der Waals surface area contributed by atoms with E-state index in [9.17, 15) is 0 Å². The first-order valence-corrected chi connectivity index (χ1v) is 6.33. The molecule has 0 radical (unpaired) electrons. The van der Waals surface area contributed by atoms with Crippen LogP contribution in [0.4, 0.5) is 0 Å². The van der Waals surface area contributed by atoms with Gasteiger partial charge in [0.05, 0.1) is 0 Å². The zero-order valence-electron chi connectivity index (χ0n) is 11.4. The zero-order valence-corrected chi connectivity index (χ0v) is 11.4. The van der Waals surface area contributed by atoms with Crippen molar-refractivity contribution in [3.8, 4) is 0 Å². The summed E-state index contributed by atoms with van der Waals surface area (Å²) in [4.78, 5) is 2.64. The summed E-state index contributed by atoms with van der Waals surface area (Å²) in [5.41, 5.74) is 0. The Labute approximate surface area is 109 Å². The van der Waals surface area contributed by atoms with E-state index in [1.807, 2.05) is 0 Å². The second-order valence-electron chi connectivity index (χ2n) is 4.09. The van der Waals surface area contributed by atoms with E-state index in [0.29, 0.717) is 0 Å². The Hall–Kier alpha value is 0.557. The van der Waals surface area contributed by atoms with E-state index in [4.69, 9.17) is 0 Å². The molecule has 0 aromatic heterocycles. The average Bonchev–Trinajstić information content (AvgIpc) is 2.21. The van der Waals surface area contributed by atoms with Gasteiger partial charge in [-0.1, -0.05) is 33.6 Å². The summed E-state index contributed by atoms with van der Waals surface area (Å²) in [6.45, 7) is 13.3. The van der Waals surface area contributed by atoms with Gasteiger partial charge in [-0.2, -0.15) is 6.42 Å². The maximum Gasteiger partial charge on any atom is 1.00 e. The van der Waals surface area contributed by atoms with Gasteiger partial charge in [-0.05, 0) is 32.4 Å². The van der Waals surface area contributed by atoms with Gasteiger partial charge in [0.1, 0.15) is 0 Å². The first kappa shape index (κ1) is 17.9. The molecule has 2 heteroatoms. The van der Waals surface area contributed by atoms with Crippen LogP contribution in [0.2, 0.25) is 0 Å². The predicted molar refractivity (Wildman–Crippen MR) is 65.4 cm³/mol. The van der Waals surface area contributed by atoms with Gasteiger partial charge >= 0.3 is 18.9 Å². The van der Waals surface area contributed by atoms with E-state index in [0.717, 1.165) is 12.5 Å². The molecule has 0 saturated heterocycles. The Morgan fingerprint density at radius 2 is 1.73 bits per heavy atom. The SMILES string of the molecule is [CH2-]CCN(CCCC)C(CC)CCC.[Li+]. The summed E-state index contributed by atoms with van der Waals surface area (Å²) in [7, 11) is 0. The number of hydrogen-bond acceptors (Lipinski definition) is 1. The molecule has 1 nitrogen and oxygen atoms in total. The number of hydrogen-bond donors (Lipinski definition) is 0. The first-order valence-electron chi connectivity index (χ1n) is 6.33. The van der Waals surface area contributed by atoms with Crippen molar-refractivity contribution in [2.24, 2.45) is 0 Å². The van der Waals surface area contributed by atoms with Crippen molar-refractivity contribution < 1.29 is 18.9 Å².